The van der Waals surface area contributed by atoms with E-state index in [9.17, 15) is 4.79 Å². The van der Waals surface area contributed by atoms with Gasteiger partial charge in [-0.25, -0.2) is 0 Å². The standard InChI is InChI=1S/C15H23NO2/c1-3-5-14(16)13-10-8-12(9-11-13)6-4-7-15(17)18-2/h8-11,14H,3-7,16H2,1-2H3. The van der Waals surface area contributed by atoms with Gasteiger partial charge in [0.2, 0.25) is 0 Å². The highest BCUT2D eigenvalue weighted by atomic mass is 16.5. The van der Waals surface area contributed by atoms with Crippen molar-refractivity contribution in [3.63, 3.8) is 0 Å². The highest BCUT2D eigenvalue weighted by Gasteiger charge is 2.05. The highest BCUT2D eigenvalue weighted by molar-refractivity contribution is 5.69. The number of esters is 1. The summed E-state index contributed by atoms with van der Waals surface area (Å²) in [6.07, 6.45) is 4.32. The van der Waals surface area contributed by atoms with Crippen LogP contribution in [-0.2, 0) is 16.0 Å². The summed E-state index contributed by atoms with van der Waals surface area (Å²) in [5, 5.41) is 0. The van der Waals surface area contributed by atoms with Gasteiger partial charge in [-0.15, -0.1) is 0 Å². The molecule has 1 aromatic carbocycles. The van der Waals surface area contributed by atoms with Crippen LogP contribution in [0.15, 0.2) is 24.3 Å². The molecule has 18 heavy (non-hydrogen) atoms. The Morgan fingerprint density at radius 1 is 1.33 bits per heavy atom. The van der Waals surface area contributed by atoms with Crippen molar-refractivity contribution in [2.75, 3.05) is 7.11 Å². The van der Waals surface area contributed by atoms with Crippen LogP contribution >= 0.6 is 0 Å². The summed E-state index contributed by atoms with van der Waals surface area (Å²) in [7, 11) is 1.42. The molecule has 3 nitrogen and oxygen atoms in total. The van der Waals surface area contributed by atoms with Crippen LogP contribution in [0.1, 0.15) is 49.8 Å². The lowest BCUT2D eigenvalue weighted by Crippen LogP contribution is -2.09. The van der Waals surface area contributed by atoms with Crippen molar-refractivity contribution in [3.8, 4) is 0 Å². The molecule has 0 spiro atoms. The van der Waals surface area contributed by atoms with Crippen molar-refractivity contribution in [1.82, 2.24) is 0 Å². The van der Waals surface area contributed by atoms with Crippen molar-refractivity contribution < 1.29 is 9.53 Å². The van der Waals surface area contributed by atoms with Gasteiger partial charge in [-0.3, -0.25) is 4.79 Å². The third kappa shape index (κ3) is 4.88. The van der Waals surface area contributed by atoms with E-state index in [-0.39, 0.29) is 12.0 Å². The van der Waals surface area contributed by atoms with E-state index in [1.54, 1.807) is 0 Å². The Labute approximate surface area is 109 Å². The molecular weight excluding hydrogens is 226 g/mol. The number of hydrogen-bond acceptors (Lipinski definition) is 3. The van der Waals surface area contributed by atoms with Gasteiger partial charge in [0.05, 0.1) is 7.11 Å². The van der Waals surface area contributed by atoms with Crippen LogP contribution in [0.3, 0.4) is 0 Å². The van der Waals surface area contributed by atoms with E-state index < -0.39 is 0 Å². The fourth-order valence-electron chi connectivity index (χ4n) is 1.95. The number of benzene rings is 1. The van der Waals surface area contributed by atoms with Gasteiger partial charge in [0.1, 0.15) is 0 Å². The van der Waals surface area contributed by atoms with E-state index in [1.807, 2.05) is 0 Å². The molecule has 0 heterocycles. The quantitative estimate of drug-likeness (QED) is 0.756. The van der Waals surface area contributed by atoms with Crippen LogP contribution in [0, 0.1) is 0 Å². The molecule has 0 amide bonds. The Kier molecular flexibility index (Phi) is 6.44. The maximum absolute atomic E-state index is 11.0. The number of rotatable bonds is 7. The number of nitrogens with two attached hydrogens (primary N) is 1. The number of hydrogen-bond donors (Lipinski definition) is 1. The molecule has 1 rings (SSSR count). The zero-order valence-electron chi connectivity index (χ0n) is 11.3. The molecule has 0 radical (unpaired) electrons. The Bertz CT molecular complexity index is 359. The van der Waals surface area contributed by atoms with E-state index in [0.29, 0.717) is 6.42 Å². The van der Waals surface area contributed by atoms with E-state index in [4.69, 9.17) is 5.73 Å². The number of carbonyl (C=O) groups is 1. The van der Waals surface area contributed by atoms with Crippen LogP contribution in [0.2, 0.25) is 0 Å². The summed E-state index contributed by atoms with van der Waals surface area (Å²) >= 11 is 0. The summed E-state index contributed by atoms with van der Waals surface area (Å²) in [4.78, 5) is 11.0. The van der Waals surface area contributed by atoms with Crippen molar-refractivity contribution in [2.24, 2.45) is 5.73 Å². The van der Waals surface area contributed by atoms with E-state index in [2.05, 4.69) is 35.9 Å². The van der Waals surface area contributed by atoms with Crippen molar-refractivity contribution in [3.05, 3.63) is 35.4 Å². The van der Waals surface area contributed by atoms with Crippen LogP contribution in [0.5, 0.6) is 0 Å². The maximum atomic E-state index is 11.0. The van der Waals surface area contributed by atoms with E-state index in [1.165, 1.54) is 18.2 Å². The summed E-state index contributed by atoms with van der Waals surface area (Å²) in [6.45, 7) is 2.14. The molecule has 0 fully saturated rings. The monoisotopic (exact) mass is 249 g/mol. The topological polar surface area (TPSA) is 52.3 Å². The molecular formula is C15H23NO2. The smallest absolute Gasteiger partial charge is 0.305 e. The number of aryl methyl sites for hydroxylation is 1. The van der Waals surface area contributed by atoms with Gasteiger partial charge in [-0.1, -0.05) is 37.6 Å². The fourth-order valence-corrected chi connectivity index (χ4v) is 1.95. The number of ether oxygens (including phenoxy) is 1. The first-order valence-electron chi connectivity index (χ1n) is 6.58. The minimum absolute atomic E-state index is 0.138. The van der Waals surface area contributed by atoms with Crippen LogP contribution < -0.4 is 5.73 Å². The minimum atomic E-state index is -0.142. The fraction of sp³-hybridized carbons (Fsp3) is 0.533. The SMILES string of the molecule is CCCC(N)c1ccc(CCCC(=O)OC)cc1. The molecule has 0 aliphatic rings. The molecule has 2 N–H and O–H groups in total. The predicted molar refractivity (Wildman–Crippen MR) is 73.2 cm³/mol. The summed E-state index contributed by atoms with van der Waals surface area (Å²) in [6, 6.07) is 8.52. The van der Waals surface area contributed by atoms with Gasteiger partial charge >= 0.3 is 5.97 Å². The Balaban J connectivity index is 2.42. The second kappa shape index (κ2) is 7.88. The van der Waals surface area contributed by atoms with Crippen molar-refractivity contribution >= 4 is 5.97 Å². The first kappa shape index (κ1) is 14.7. The van der Waals surface area contributed by atoms with E-state index in [0.717, 1.165) is 25.7 Å². The molecule has 0 bridgehead atoms. The van der Waals surface area contributed by atoms with Gasteiger partial charge in [-0.05, 0) is 30.4 Å². The summed E-state index contributed by atoms with van der Waals surface area (Å²) in [5.41, 5.74) is 8.48. The second-order valence-corrected chi connectivity index (χ2v) is 4.57. The van der Waals surface area contributed by atoms with Gasteiger partial charge < -0.3 is 10.5 Å². The van der Waals surface area contributed by atoms with Gasteiger partial charge in [0.15, 0.2) is 0 Å². The average Bonchev–Trinajstić information content (AvgIpc) is 2.39. The Hall–Kier alpha value is -1.35. The van der Waals surface area contributed by atoms with Crippen molar-refractivity contribution in [2.45, 2.75) is 45.1 Å². The Morgan fingerprint density at radius 3 is 2.56 bits per heavy atom. The van der Waals surface area contributed by atoms with Crippen LogP contribution in [0.25, 0.3) is 0 Å². The normalized spacial score (nSPS) is 12.2. The zero-order valence-corrected chi connectivity index (χ0v) is 11.3. The zero-order chi connectivity index (χ0) is 13.4. The van der Waals surface area contributed by atoms with Crippen LogP contribution in [0.4, 0.5) is 0 Å². The summed E-state index contributed by atoms with van der Waals surface area (Å²) in [5.74, 6) is -0.142. The molecule has 1 atom stereocenters. The third-order valence-electron chi connectivity index (χ3n) is 3.08. The molecule has 0 saturated carbocycles. The lowest BCUT2D eigenvalue weighted by Gasteiger charge is -2.11. The number of carbonyl (C=O) groups excluding carboxylic acids is 1. The second-order valence-electron chi connectivity index (χ2n) is 4.57. The van der Waals surface area contributed by atoms with Gasteiger partial charge in [-0.2, -0.15) is 0 Å². The largest absolute Gasteiger partial charge is 0.469 e. The number of methoxy groups -OCH3 is 1. The van der Waals surface area contributed by atoms with Crippen LogP contribution in [-0.4, -0.2) is 13.1 Å². The third-order valence-corrected chi connectivity index (χ3v) is 3.08. The molecule has 1 unspecified atom stereocenters. The lowest BCUT2D eigenvalue weighted by molar-refractivity contribution is -0.140. The molecule has 0 saturated heterocycles. The molecule has 100 valence electrons. The highest BCUT2D eigenvalue weighted by Crippen LogP contribution is 2.17. The lowest BCUT2D eigenvalue weighted by atomic mass is 10.00. The molecule has 1 aromatic rings. The first-order chi connectivity index (χ1) is 8.67. The summed E-state index contributed by atoms with van der Waals surface area (Å²) < 4.78 is 4.61. The van der Waals surface area contributed by atoms with Gasteiger partial charge in [0, 0.05) is 12.5 Å². The maximum Gasteiger partial charge on any atom is 0.305 e. The predicted octanol–water partition coefficient (Wildman–Crippen LogP) is 2.98. The average molecular weight is 249 g/mol. The van der Waals surface area contributed by atoms with Gasteiger partial charge in [0.25, 0.3) is 0 Å². The first-order valence-corrected chi connectivity index (χ1v) is 6.58. The van der Waals surface area contributed by atoms with E-state index >= 15 is 0 Å². The van der Waals surface area contributed by atoms with Crippen molar-refractivity contribution in [1.29, 1.82) is 0 Å². The molecule has 0 aliphatic carbocycles. The molecule has 3 heteroatoms. The minimum Gasteiger partial charge on any atom is -0.469 e. The molecule has 0 aliphatic heterocycles. The Morgan fingerprint density at radius 2 is 2.00 bits per heavy atom. The molecule has 0 aromatic heterocycles.